The molecule has 1 aliphatic rings. The highest BCUT2D eigenvalue weighted by molar-refractivity contribution is 5.78. The predicted octanol–water partition coefficient (Wildman–Crippen LogP) is -2.08. The van der Waals surface area contributed by atoms with E-state index >= 15 is 0 Å². The largest absolute Gasteiger partial charge is 0.480 e. The third-order valence-electron chi connectivity index (χ3n) is 5.71. The van der Waals surface area contributed by atoms with Gasteiger partial charge in [0.05, 0.1) is 52.6 Å². The molecule has 1 aliphatic heterocycles. The van der Waals surface area contributed by atoms with E-state index in [1.807, 2.05) is 4.90 Å². The summed E-state index contributed by atoms with van der Waals surface area (Å²) in [6, 6.07) is 0. The minimum absolute atomic E-state index is 0.0372. The lowest BCUT2D eigenvalue weighted by Crippen LogP contribution is -2.50. The molecule has 1 fully saturated rings. The summed E-state index contributed by atoms with van der Waals surface area (Å²) in [5.41, 5.74) is 8.18. The summed E-state index contributed by atoms with van der Waals surface area (Å²) in [7, 11) is 0. The van der Waals surface area contributed by atoms with Crippen LogP contribution in [0, 0.1) is 0 Å². The van der Waals surface area contributed by atoms with Gasteiger partial charge in [0.1, 0.15) is 0 Å². The van der Waals surface area contributed by atoms with Gasteiger partial charge in [-0.25, -0.2) is 0 Å². The maximum absolute atomic E-state index is 12.5. The fraction of sp³-hybridized carbons (Fsp3) is 0.818. The molecule has 0 spiro atoms. The zero-order valence-corrected chi connectivity index (χ0v) is 22.1. The highest BCUT2D eigenvalue weighted by Gasteiger charge is 2.21. The fourth-order valence-corrected chi connectivity index (χ4v) is 3.78. The number of carbonyl (C=O) groups is 4. The normalized spacial score (nSPS) is 16.9. The zero-order valence-electron chi connectivity index (χ0n) is 22.1. The van der Waals surface area contributed by atoms with Crippen LogP contribution in [0.2, 0.25) is 0 Å². The quantitative estimate of drug-likeness (QED) is 0.0650. The maximum atomic E-state index is 12.5. The van der Waals surface area contributed by atoms with Crippen LogP contribution in [0.1, 0.15) is 0 Å². The molecule has 0 atom stereocenters. The van der Waals surface area contributed by atoms with Gasteiger partial charge >= 0.3 is 17.9 Å². The van der Waals surface area contributed by atoms with Crippen molar-refractivity contribution in [3.05, 3.63) is 10.4 Å². The number of aliphatic carboxylic acids is 3. The van der Waals surface area contributed by atoms with Crippen molar-refractivity contribution in [2.24, 2.45) is 5.11 Å². The van der Waals surface area contributed by atoms with Crippen molar-refractivity contribution in [3.63, 3.8) is 0 Å². The summed E-state index contributed by atoms with van der Waals surface area (Å²) in [6.07, 6.45) is 0. The lowest BCUT2D eigenvalue weighted by molar-refractivity contribution is -0.140. The van der Waals surface area contributed by atoms with Crippen molar-refractivity contribution < 1.29 is 44.0 Å². The first-order chi connectivity index (χ1) is 18.7. The number of hydrogen-bond donors (Lipinski definition) is 4. The van der Waals surface area contributed by atoms with E-state index in [1.165, 1.54) is 0 Å². The Balaban J connectivity index is 2.63. The zero-order chi connectivity index (χ0) is 28.9. The van der Waals surface area contributed by atoms with Crippen LogP contribution in [-0.2, 0) is 28.7 Å². The predicted molar refractivity (Wildman–Crippen MR) is 137 cm³/mol. The number of nitrogens with zero attached hydrogens (tertiary/aromatic N) is 7. The Kier molecular flexibility index (Phi) is 18.2. The van der Waals surface area contributed by atoms with Crippen LogP contribution in [0.4, 0.5) is 0 Å². The van der Waals surface area contributed by atoms with Gasteiger partial charge in [0.2, 0.25) is 5.91 Å². The van der Waals surface area contributed by atoms with Crippen LogP contribution in [0.25, 0.3) is 10.4 Å². The van der Waals surface area contributed by atoms with Crippen LogP contribution < -0.4 is 5.32 Å². The van der Waals surface area contributed by atoms with Crippen LogP contribution >= 0.6 is 0 Å². The molecule has 0 aromatic carbocycles. The first-order valence-electron chi connectivity index (χ1n) is 12.7. The minimum atomic E-state index is -1.02. The Morgan fingerprint density at radius 3 is 1.44 bits per heavy atom. The molecular weight excluding hydrogens is 520 g/mol. The Labute approximate surface area is 226 Å². The van der Waals surface area contributed by atoms with E-state index < -0.39 is 17.9 Å². The number of nitrogens with one attached hydrogen (secondary N) is 1. The monoisotopic (exact) mass is 560 g/mol. The van der Waals surface area contributed by atoms with Gasteiger partial charge in [-0.2, -0.15) is 0 Å². The molecule has 222 valence electrons. The molecule has 17 nitrogen and oxygen atoms in total. The van der Waals surface area contributed by atoms with Gasteiger partial charge in [-0.15, -0.1) is 0 Å². The molecule has 17 heteroatoms. The number of carboxylic acids is 3. The summed E-state index contributed by atoms with van der Waals surface area (Å²) in [6.45, 7) is 3.74. The molecule has 0 aliphatic carbocycles. The topological polar surface area (TPSA) is 221 Å². The Morgan fingerprint density at radius 2 is 1.05 bits per heavy atom. The van der Waals surface area contributed by atoms with Gasteiger partial charge in [0.25, 0.3) is 0 Å². The summed E-state index contributed by atoms with van der Waals surface area (Å²) < 4.78 is 10.6. The Bertz CT molecular complexity index is 780. The lowest BCUT2D eigenvalue weighted by Gasteiger charge is -2.32. The van der Waals surface area contributed by atoms with E-state index in [0.29, 0.717) is 72.2 Å². The molecule has 1 amide bonds. The summed E-state index contributed by atoms with van der Waals surface area (Å²) >= 11 is 0. The molecular formula is C22H40N8O9. The molecule has 0 aromatic rings. The number of amides is 1. The van der Waals surface area contributed by atoms with Crippen molar-refractivity contribution in [2.75, 3.05) is 118 Å². The highest BCUT2D eigenvalue weighted by Crippen LogP contribution is 2.01. The van der Waals surface area contributed by atoms with Gasteiger partial charge in [-0.3, -0.25) is 38.8 Å². The molecule has 1 heterocycles. The second kappa shape index (κ2) is 20.9. The molecule has 1 saturated heterocycles. The minimum Gasteiger partial charge on any atom is -0.480 e. The first kappa shape index (κ1) is 34.0. The van der Waals surface area contributed by atoms with E-state index in [9.17, 15) is 34.5 Å². The molecule has 0 radical (unpaired) electrons. The Hall–Kier alpha value is -3.05. The standard InChI is InChI=1S/C22H40N8O9/c23-26-25-2-12-39-14-13-38-11-1-24-19(31)15-27-3-5-28(16-20(32)33)7-9-30(18-22(36)37)10-8-29(6-4-27)17-21(34)35/h1-18H2,(H,24,31)(H,32,33)(H,34,35)(H,36,37). The molecule has 1 rings (SSSR count). The third kappa shape index (κ3) is 18.8. The SMILES string of the molecule is [N-]=[N+]=NCCOCCOCCNC(=O)CN1CCN(CC(=O)O)CCN(CC(=O)O)CCN(CC(=O)O)CC1. The van der Waals surface area contributed by atoms with E-state index in [1.54, 1.807) is 14.7 Å². The van der Waals surface area contributed by atoms with Crippen molar-refractivity contribution in [1.29, 1.82) is 0 Å². The van der Waals surface area contributed by atoms with Crippen LogP contribution in [-0.4, -0.2) is 177 Å². The fourth-order valence-electron chi connectivity index (χ4n) is 3.78. The van der Waals surface area contributed by atoms with Crippen LogP contribution in [0.3, 0.4) is 0 Å². The van der Waals surface area contributed by atoms with E-state index in [-0.39, 0.29) is 51.8 Å². The van der Waals surface area contributed by atoms with Crippen LogP contribution in [0.5, 0.6) is 0 Å². The van der Waals surface area contributed by atoms with E-state index in [0.717, 1.165) is 0 Å². The number of azide groups is 1. The smallest absolute Gasteiger partial charge is 0.317 e. The molecule has 0 aromatic heterocycles. The summed E-state index contributed by atoms with van der Waals surface area (Å²) in [4.78, 5) is 56.0. The second-order valence-corrected chi connectivity index (χ2v) is 8.81. The van der Waals surface area contributed by atoms with Crippen molar-refractivity contribution in [3.8, 4) is 0 Å². The lowest BCUT2D eigenvalue weighted by atomic mass is 10.3. The number of carbonyl (C=O) groups excluding carboxylic acids is 1. The van der Waals surface area contributed by atoms with Gasteiger partial charge in [0, 0.05) is 70.4 Å². The van der Waals surface area contributed by atoms with Crippen molar-refractivity contribution in [2.45, 2.75) is 0 Å². The molecule has 4 N–H and O–H groups in total. The first-order valence-corrected chi connectivity index (χ1v) is 12.7. The third-order valence-corrected chi connectivity index (χ3v) is 5.71. The highest BCUT2D eigenvalue weighted by atomic mass is 16.5. The second-order valence-electron chi connectivity index (χ2n) is 8.81. The van der Waals surface area contributed by atoms with E-state index in [4.69, 9.17) is 15.0 Å². The number of ether oxygens (including phenoxy) is 2. The van der Waals surface area contributed by atoms with Gasteiger partial charge in [-0.05, 0) is 5.53 Å². The van der Waals surface area contributed by atoms with Gasteiger partial charge in [0.15, 0.2) is 0 Å². The number of rotatable bonds is 17. The van der Waals surface area contributed by atoms with Crippen molar-refractivity contribution in [1.82, 2.24) is 24.9 Å². The average Bonchev–Trinajstić information content (AvgIpc) is 2.85. The number of hydrogen-bond acceptors (Lipinski definition) is 11. The summed E-state index contributed by atoms with van der Waals surface area (Å²) in [5.74, 6) is -3.29. The van der Waals surface area contributed by atoms with Gasteiger partial charge in [-0.1, -0.05) is 5.11 Å². The van der Waals surface area contributed by atoms with E-state index in [2.05, 4.69) is 15.3 Å². The molecule has 0 saturated carbocycles. The molecule has 0 bridgehead atoms. The summed E-state index contributed by atoms with van der Waals surface area (Å²) in [5, 5.41) is 33.9. The number of carboxylic acid groups (broad SMARTS) is 3. The van der Waals surface area contributed by atoms with Crippen molar-refractivity contribution >= 4 is 23.8 Å². The van der Waals surface area contributed by atoms with Gasteiger partial charge < -0.3 is 30.1 Å². The van der Waals surface area contributed by atoms with Crippen LogP contribution in [0.15, 0.2) is 5.11 Å². The maximum Gasteiger partial charge on any atom is 0.317 e. The molecule has 39 heavy (non-hydrogen) atoms. The Morgan fingerprint density at radius 1 is 0.667 bits per heavy atom. The molecule has 0 unspecified atom stereocenters. The average molecular weight is 561 g/mol.